The van der Waals surface area contributed by atoms with E-state index in [1.54, 1.807) is 60.4 Å². The monoisotopic (exact) mass is 438 g/mol. The molecule has 0 aliphatic rings. The van der Waals surface area contributed by atoms with Crippen LogP contribution in [0.2, 0.25) is 0 Å². The molecule has 0 aliphatic heterocycles. The summed E-state index contributed by atoms with van der Waals surface area (Å²) in [4.78, 5) is 21.0. The highest BCUT2D eigenvalue weighted by atomic mass is 19.4. The SMILES string of the molecule is Cc1nc(Nc2ccc(NC(=O)c3ccc(C(F)(F)F)cc3)cc2)cc(-n2cccn2)n1. The first-order chi connectivity index (χ1) is 15.3. The van der Waals surface area contributed by atoms with Crippen molar-refractivity contribution in [2.75, 3.05) is 10.6 Å². The third-order valence-electron chi connectivity index (χ3n) is 4.45. The van der Waals surface area contributed by atoms with Crippen LogP contribution in [-0.4, -0.2) is 25.7 Å². The molecule has 0 atom stereocenters. The van der Waals surface area contributed by atoms with Gasteiger partial charge < -0.3 is 10.6 Å². The number of aromatic nitrogens is 4. The van der Waals surface area contributed by atoms with E-state index in [0.717, 1.165) is 30.0 Å². The largest absolute Gasteiger partial charge is 0.416 e. The number of hydrogen-bond donors (Lipinski definition) is 2. The third kappa shape index (κ3) is 4.91. The van der Waals surface area contributed by atoms with Crippen molar-refractivity contribution in [2.24, 2.45) is 0 Å². The van der Waals surface area contributed by atoms with Gasteiger partial charge in [-0.1, -0.05) is 0 Å². The number of alkyl halides is 3. The van der Waals surface area contributed by atoms with Gasteiger partial charge in [0, 0.05) is 35.4 Å². The fourth-order valence-electron chi connectivity index (χ4n) is 2.94. The van der Waals surface area contributed by atoms with Crippen molar-refractivity contribution in [3.63, 3.8) is 0 Å². The summed E-state index contributed by atoms with van der Waals surface area (Å²) < 4.78 is 39.6. The maximum atomic E-state index is 12.7. The van der Waals surface area contributed by atoms with Crippen LogP contribution in [0, 0.1) is 6.92 Å². The summed E-state index contributed by atoms with van der Waals surface area (Å²) in [6.07, 6.45) is -1.01. The van der Waals surface area contributed by atoms with Gasteiger partial charge in [0.05, 0.1) is 5.56 Å². The average Bonchev–Trinajstić information content (AvgIpc) is 3.29. The van der Waals surface area contributed by atoms with Crippen LogP contribution in [-0.2, 0) is 6.18 Å². The number of aryl methyl sites for hydroxylation is 1. The Labute approximate surface area is 181 Å². The number of hydrogen-bond acceptors (Lipinski definition) is 5. The standard InChI is InChI=1S/C22H17F3N6O/c1-14-27-19(13-20(28-14)31-12-2-11-26-31)29-17-7-9-18(10-8-17)30-21(32)15-3-5-16(6-4-15)22(23,24)25/h2-13H,1H3,(H,30,32)(H,27,28,29). The van der Waals surface area contributed by atoms with E-state index in [1.165, 1.54) is 0 Å². The lowest BCUT2D eigenvalue weighted by molar-refractivity contribution is -0.137. The molecule has 1 amide bonds. The Morgan fingerprint density at radius 2 is 1.66 bits per heavy atom. The molecule has 7 nitrogen and oxygen atoms in total. The summed E-state index contributed by atoms with van der Waals surface area (Å²) in [6, 6.07) is 14.4. The van der Waals surface area contributed by atoms with Gasteiger partial charge in [-0.25, -0.2) is 14.6 Å². The van der Waals surface area contributed by atoms with Crippen molar-refractivity contribution < 1.29 is 18.0 Å². The predicted octanol–water partition coefficient (Wildman–Crippen LogP) is 4.99. The van der Waals surface area contributed by atoms with Crippen LogP contribution >= 0.6 is 0 Å². The summed E-state index contributed by atoms with van der Waals surface area (Å²) >= 11 is 0. The molecular weight excluding hydrogens is 421 g/mol. The van der Waals surface area contributed by atoms with E-state index in [-0.39, 0.29) is 5.56 Å². The van der Waals surface area contributed by atoms with E-state index < -0.39 is 17.6 Å². The van der Waals surface area contributed by atoms with Crippen LogP contribution in [0.5, 0.6) is 0 Å². The molecule has 2 aromatic heterocycles. The van der Waals surface area contributed by atoms with Gasteiger partial charge in [-0.15, -0.1) is 0 Å². The molecule has 0 saturated carbocycles. The molecule has 0 bridgehead atoms. The van der Waals surface area contributed by atoms with Gasteiger partial charge in [0.25, 0.3) is 5.91 Å². The van der Waals surface area contributed by atoms with Crippen molar-refractivity contribution >= 4 is 23.1 Å². The molecule has 4 rings (SSSR count). The molecule has 32 heavy (non-hydrogen) atoms. The molecule has 0 spiro atoms. The Balaban J connectivity index is 1.43. The number of nitrogens with one attached hydrogen (secondary N) is 2. The molecule has 2 aromatic carbocycles. The average molecular weight is 438 g/mol. The second kappa shape index (κ2) is 8.50. The van der Waals surface area contributed by atoms with E-state index in [1.807, 2.05) is 0 Å². The minimum atomic E-state index is -4.45. The lowest BCUT2D eigenvalue weighted by atomic mass is 10.1. The number of halogens is 3. The van der Waals surface area contributed by atoms with Gasteiger partial charge in [-0.3, -0.25) is 4.79 Å². The van der Waals surface area contributed by atoms with Gasteiger partial charge in [0.2, 0.25) is 0 Å². The zero-order valence-electron chi connectivity index (χ0n) is 16.8. The van der Waals surface area contributed by atoms with Crippen molar-refractivity contribution in [3.8, 4) is 5.82 Å². The molecule has 0 fully saturated rings. The van der Waals surface area contributed by atoms with Crippen molar-refractivity contribution in [1.82, 2.24) is 19.7 Å². The van der Waals surface area contributed by atoms with Gasteiger partial charge in [-0.2, -0.15) is 18.3 Å². The van der Waals surface area contributed by atoms with E-state index in [4.69, 9.17) is 0 Å². The van der Waals surface area contributed by atoms with Crippen molar-refractivity contribution in [2.45, 2.75) is 13.1 Å². The van der Waals surface area contributed by atoms with Crippen LogP contribution in [0.25, 0.3) is 5.82 Å². The van der Waals surface area contributed by atoms with Crippen LogP contribution in [0.4, 0.5) is 30.4 Å². The number of amides is 1. The Morgan fingerprint density at radius 3 is 2.28 bits per heavy atom. The first-order valence-corrected chi connectivity index (χ1v) is 9.49. The first kappa shape index (κ1) is 21.0. The Morgan fingerprint density at radius 1 is 0.969 bits per heavy atom. The van der Waals surface area contributed by atoms with Crippen LogP contribution < -0.4 is 10.6 Å². The summed E-state index contributed by atoms with van der Waals surface area (Å²) in [5.74, 6) is 1.26. The molecule has 0 aliphatic carbocycles. The Bertz CT molecular complexity index is 1220. The maximum absolute atomic E-state index is 12.7. The summed E-state index contributed by atoms with van der Waals surface area (Å²) in [5.41, 5.74) is 0.543. The third-order valence-corrected chi connectivity index (χ3v) is 4.45. The summed E-state index contributed by atoms with van der Waals surface area (Å²) in [7, 11) is 0. The number of anilines is 3. The lowest BCUT2D eigenvalue weighted by Gasteiger charge is -2.10. The number of carbonyl (C=O) groups is 1. The second-order valence-electron chi connectivity index (χ2n) is 6.84. The predicted molar refractivity (Wildman–Crippen MR) is 113 cm³/mol. The summed E-state index contributed by atoms with van der Waals surface area (Å²) in [5, 5.41) is 9.99. The highest BCUT2D eigenvalue weighted by Crippen LogP contribution is 2.29. The van der Waals surface area contributed by atoms with Gasteiger partial charge in [0.1, 0.15) is 11.6 Å². The van der Waals surface area contributed by atoms with Gasteiger partial charge in [-0.05, 0) is 61.5 Å². The molecule has 2 heterocycles. The zero-order valence-corrected chi connectivity index (χ0v) is 16.8. The molecule has 0 radical (unpaired) electrons. The highest BCUT2D eigenvalue weighted by Gasteiger charge is 2.30. The molecular formula is C22H17F3N6O. The minimum absolute atomic E-state index is 0.128. The first-order valence-electron chi connectivity index (χ1n) is 9.49. The van der Waals surface area contributed by atoms with E-state index >= 15 is 0 Å². The minimum Gasteiger partial charge on any atom is -0.340 e. The molecule has 0 saturated heterocycles. The molecule has 10 heteroatoms. The van der Waals surface area contributed by atoms with Crippen molar-refractivity contribution in [3.05, 3.63) is 90.0 Å². The fourth-order valence-corrected chi connectivity index (χ4v) is 2.94. The normalized spacial score (nSPS) is 11.2. The van der Waals surface area contributed by atoms with Crippen LogP contribution in [0.1, 0.15) is 21.7 Å². The van der Waals surface area contributed by atoms with E-state index in [0.29, 0.717) is 23.1 Å². The zero-order chi connectivity index (χ0) is 22.7. The van der Waals surface area contributed by atoms with Gasteiger partial charge >= 0.3 is 6.18 Å². The highest BCUT2D eigenvalue weighted by molar-refractivity contribution is 6.04. The maximum Gasteiger partial charge on any atom is 0.416 e. The molecule has 0 unspecified atom stereocenters. The van der Waals surface area contributed by atoms with Crippen LogP contribution in [0.3, 0.4) is 0 Å². The number of nitrogens with zero attached hydrogens (tertiary/aromatic N) is 4. The summed E-state index contributed by atoms with van der Waals surface area (Å²) in [6.45, 7) is 1.78. The van der Waals surface area contributed by atoms with Crippen LogP contribution in [0.15, 0.2) is 73.1 Å². The van der Waals surface area contributed by atoms with Crippen molar-refractivity contribution in [1.29, 1.82) is 0 Å². The Kier molecular flexibility index (Phi) is 5.59. The topological polar surface area (TPSA) is 84.7 Å². The molecule has 4 aromatic rings. The fraction of sp³-hybridized carbons (Fsp3) is 0.0909. The number of rotatable bonds is 5. The van der Waals surface area contributed by atoms with E-state index in [2.05, 4.69) is 25.7 Å². The Hall–Kier alpha value is -4.21. The smallest absolute Gasteiger partial charge is 0.340 e. The molecule has 162 valence electrons. The number of carbonyl (C=O) groups excluding carboxylic acids is 1. The van der Waals surface area contributed by atoms with Gasteiger partial charge in [0.15, 0.2) is 5.82 Å². The number of benzene rings is 2. The quantitative estimate of drug-likeness (QED) is 0.459. The second-order valence-corrected chi connectivity index (χ2v) is 6.84. The molecule has 2 N–H and O–H groups in total. The van der Waals surface area contributed by atoms with E-state index in [9.17, 15) is 18.0 Å². The lowest BCUT2D eigenvalue weighted by Crippen LogP contribution is -2.12.